The first-order chi connectivity index (χ1) is 9.89. The average molecular weight is 319 g/mol. The number of carbonyl (C=O) groups is 2. The van der Waals surface area contributed by atoms with Crippen LogP contribution in [0.4, 0.5) is 0 Å². The van der Waals surface area contributed by atoms with Crippen molar-refractivity contribution in [3.05, 3.63) is 0 Å². The number of hydrogen-bond acceptors (Lipinski definition) is 4. The van der Waals surface area contributed by atoms with Crippen LogP contribution in [0.5, 0.6) is 0 Å². The molecule has 9 heteroatoms. The monoisotopic (exact) mass is 319 g/mol. The number of hydrogen-bond donors (Lipinski definition) is 2. The summed E-state index contributed by atoms with van der Waals surface area (Å²) >= 11 is 0. The topological polar surface area (TPSA) is 107 Å². The molecule has 2 unspecified atom stereocenters. The van der Waals surface area contributed by atoms with Crippen LogP contribution < -0.4 is 5.32 Å². The first-order valence-corrected chi connectivity index (χ1v) is 8.52. The van der Waals surface area contributed by atoms with Crippen molar-refractivity contribution in [2.75, 3.05) is 20.1 Å². The maximum Gasteiger partial charge on any atom is 0.322 e. The molecule has 1 amide bonds. The Hall–Kier alpha value is -1.19. The average Bonchev–Trinajstić information content (AvgIpc) is 2.96. The largest absolute Gasteiger partial charge is 0.480 e. The quantitative estimate of drug-likeness (QED) is 0.718. The fourth-order valence-corrected chi connectivity index (χ4v) is 5.04. The molecular weight excluding hydrogens is 298 g/mol. The molecule has 0 aromatic carbocycles. The molecule has 2 fully saturated rings. The number of carbonyl (C=O) groups excluding carboxylic acids is 1. The Kier molecular flexibility index (Phi) is 4.84. The van der Waals surface area contributed by atoms with Gasteiger partial charge in [0.05, 0.1) is 0 Å². The van der Waals surface area contributed by atoms with Crippen LogP contribution in [0.3, 0.4) is 0 Å². The maximum absolute atomic E-state index is 12.7. The third-order valence-electron chi connectivity index (χ3n) is 4.08. The lowest BCUT2D eigenvalue weighted by Crippen LogP contribution is -2.56. The van der Waals surface area contributed by atoms with E-state index in [2.05, 4.69) is 5.32 Å². The third kappa shape index (κ3) is 3.04. The number of nitrogens with zero attached hydrogens (tertiary/aromatic N) is 2. The predicted octanol–water partition coefficient (Wildman–Crippen LogP) is -0.619. The van der Waals surface area contributed by atoms with E-state index in [1.807, 2.05) is 0 Å². The minimum atomic E-state index is -3.94. The highest BCUT2D eigenvalue weighted by atomic mass is 32.2. The van der Waals surface area contributed by atoms with Gasteiger partial charge >= 0.3 is 5.97 Å². The van der Waals surface area contributed by atoms with Crippen LogP contribution in [-0.4, -0.2) is 66.2 Å². The molecule has 2 aliphatic rings. The number of aliphatic carboxylic acids is 1. The standard InChI is InChI=1S/C12H21N3O5S/c1-13-11(16)9-6-4-8-14(9)21(19,20)15-7-3-2-5-10(15)12(17)18/h9-10H,2-8H2,1H3,(H,13,16)(H,17,18). The highest BCUT2D eigenvalue weighted by Gasteiger charge is 2.45. The number of likely N-dealkylation sites (N-methyl/N-ethyl adjacent to an activating group) is 1. The lowest BCUT2D eigenvalue weighted by atomic mass is 10.1. The van der Waals surface area contributed by atoms with Gasteiger partial charge in [0.1, 0.15) is 12.1 Å². The molecule has 2 aliphatic heterocycles. The Labute approximate surface area is 124 Å². The molecule has 2 heterocycles. The van der Waals surface area contributed by atoms with E-state index in [1.165, 1.54) is 7.05 Å². The van der Waals surface area contributed by atoms with Crippen molar-refractivity contribution in [1.82, 2.24) is 13.9 Å². The van der Waals surface area contributed by atoms with Gasteiger partial charge in [-0.3, -0.25) is 9.59 Å². The van der Waals surface area contributed by atoms with Crippen molar-refractivity contribution in [3.63, 3.8) is 0 Å². The van der Waals surface area contributed by atoms with Gasteiger partial charge in [-0.25, -0.2) is 0 Å². The van der Waals surface area contributed by atoms with E-state index in [0.717, 1.165) is 8.61 Å². The molecule has 2 saturated heterocycles. The minimum absolute atomic E-state index is 0.191. The minimum Gasteiger partial charge on any atom is -0.480 e. The van der Waals surface area contributed by atoms with Gasteiger partial charge in [-0.1, -0.05) is 0 Å². The molecule has 2 rings (SSSR count). The van der Waals surface area contributed by atoms with Gasteiger partial charge in [0.15, 0.2) is 0 Å². The van der Waals surface area contributed by atoms with Gasteiger partial charge in [-0.05, 0) is 32.1 Å². The molecule has 21 heavy (non-hydrogen) atoms. The van der Waals surface area contributed by atoms with Crippen LogP contribution in [0.25, 0.3) is 0 Å². The van der Waals surface area contributed by atoms with E-state index in [9.17, 15) is 23.1 Å². The van der Waals surface area contributed by atoms with Crippen molar-refractivity contribution in [2.45, 2.75) is 44.2 Å². The molecule has 0 spiro atoms. The third-order valence-corrected chi connectivity index (χ3v) is 6.14. The molecular formula is C12H21N3O5S. The van der Waals surface area contributed by atoms with Gasteiger partial charge < -0.3 is 10.4 Å². The van der Waals surface area contributed by atoms with Gasteiger partial charge in [-0.2, -0.15) is 17.0 Å². The second-order valence-electron chi connectivity index (χ2n) is 5.35. The van der Waals surface area contributed by atoms with Gasteiger partial charge in [0.25, 0.3) is 10.2 Å². The Morgan fingerprint density at radius 1 is 1.05 bits per heavy atom. The number of piperidine rings is 1. The van der Waals surface area contributed by atoms with Crippen LogP contribution >= 0.6 is 0 Å². The SMILES string of the molecule is CNC(=O)C1CCCN1S(=O)(=O)N1CCCCC1C(=O)O. The normalized spacial score (nSPS) is 28.4. The number of rotatable bonds is 4. The molecule has 0 saturated carbocycles. The smallest absolute Gasteiger partial charge is 0.322 e. The van der Waals surface area contributed by atoms with E-state index in [1.54, 1.807) is 0 Å². The zero-order valence-corrected chi connectivity index (χ0v) is 12.8. The fourth-order valence-electron chi connectivity index (χ4n) is 3.01. The van der Waals surface area contributed by atoms with E-state index >= 15 is 0 Å². The van der Waals surface area contributed by atoms with Crippen LogP contribution in [-0.2, 0) is 19.8 Å². The molecule has 0 aromatic rings. The highest BCUT2D eigenvalue weighted by Crippen LogP contribution is 2.28. The Balaban J connectivity index is 2.27. The highest BCUT2D eigenvalue weighted by molar-refractivity contribution is 7.86. The predicted molar refractivity (Wildman–Crippen MR) is 74.7 cm³/mol. The second-order valence-corrected chi connectivity index (χ2v) is 7.19. The van der Waals surface area contributed by atoms with Crippen LogP contribution in [0.1, 0.15) is 32.1 Å². The number of amides is 1. The Bertz CT molecular complexity index is 521. The summed E-state index contributed by atoms with van der Waals surface area (Å²) in [6.45, 7) is 0.444. The lowest BCUT2D eigenvalue weighted by molar-refractivity contribution is -0.142. The van der Waals surface area contributed by atoms with E-state index in [4.69, 9.17) is 0 Å². The van der Waals surface area contributed by atoms with Crippen molar-refractivity contribution in [1.29, 1.82) is 0 Å². The molecule has 0 radical (unpaired) electrons. The number of nitrogens with one attached hydrogen (secondary N) is 1. The number of carboxylic acid groups (broad SMARTS) is 1. The van der Waals surface area contributed by atoms with E-state index < -0.39 is 28.3 Å². The van der Waals surface area contributed by atoms with Gasteiger partial charge in [0, 0.05) is 20.1 Å². The molecule has 0 aliphatic carbocycles. The van der Waals surface area contributed by atoms with Crippen molar-refractivity contribution in [3.8, 4) is 0 Å². The summed E-state index contributed by atoms with van der Waals surface area (Å²) in [4.78, 5) is 23.1. The first-order valence-electron chi connectivity index (χ1n) is 7.12. The summed E-state index contributed by atoms with van der Waals surface area (Å²) in [5, 5.41) is 11.7. The fraction of sp³-hybridized carbons (Fsp3) is 0.833. The zero-order valence-electron chi connectivity index (χ0n) is 12.0. The first kappa shape index (κ1) is 16.2. The van der Waals surface area contributed by atoms with Gasteiger partial charge in [0.2, 0.25) is 5.91 Å². The second kappa shape index (κ2) is 6.29. The van der Waals surface area contributed by atoms with Gasteiger partial charge in [-0.15, -0.1) is 0 Å². The number of carboxylic acids is 1. The summed E-state index contributed by atoms with van der Waals surface area (Å²) in [5.41, 5.74) is 0. The zero-order chi connectivity index (χ0) is 15.6. The molecule has 2 atom stereocenters. The summed E-state index contributed by atoms with van der Waals surface area (Å²) in [6.07, 6.45) is 2.71. The van der Waals surface area contributed by atoms with E-state index in [-0.39, 0.29) is 19.0 Å². The summed E-state index contributed by atoms with van der Waals surface area (Å²) in [6, 6.07) is -1.77. The van der Waals surface area contributed by atoms with Crippen LogP contribution in [0.2, 0.25) is 0 Å². The molecule has 0 aromatic heterocycles. The van der Waals surface area contributed by atoms with Crippen molar-refractivity contribution < 1.29 is 23.1 Å². The summed E-state index contributed by atoms with van der Waals surface area (Å²) in [7, 11) is -2.47. The summed E-state index contributed by atoms with van der Waals surface area (Å²) in [5.74, 6) is -1.48. The Morgan fingerprint density at radius 3 is 2.24 bits per heavy atom. The lowest BCUT2D eigenvalue weighted by Gasteiger charge is -2.36. The van der Waals surface area contributed by atoms with E-state index in [0.29, 0.717) is 32.1 Å². The molecule has 2 N–H and O–H groups in total. The van der Waals surface area contributed by atoms with Crippen molar-refractivity contribution in [2.24, 2.45) is 0 Å². The molecule has 8 nitrogen and oxygen atoms in total. The molecule has 120 valence electrons. The summed E-state index contributed by atoms with van der Waals surface area (Å²) < 4.78 is 27.7. The Morgan fingerprint density at radius 2 is 1.62 bits per heavy atom. The molecule has 0 bridgehead atoms. The van der Waals surface area contributed by atoms with Crippen molar-refractivity contribution >= 4 is 22.1 Å². The van der Waals surface area contributed by atoms with Crippen LogP contribution in [0, 0.1) is 0 Å². The van der Waals surface area contributed by atoms with Crippen LogP contribution in [0.15, 0.2) is 0 Å². The maximum atomic E-state index is 12.7.